The molecule has 27 heavy (non-hydrogen) atoms. The molecule has 7 heteroatoms. The molecule has 3 aliphatic rings. The molecular formula is C20H30O7. The van der Waals surface area contributed by atoms with E-state index in [1.807, 2.05) is 19.9 Å². The van der Waals surface area contributed by atoms with Crippen molar-refractivity contribution in [2.24, 2.45) is 11.8 Å². The highest BCUT2D eigenvalue weighted by molar-refractivity contribution is 5.74. The number of methoxy groups -OCH3 is 2. The number of esters is 2. The second kappa shape index (κ2) is 7.18. The summed E-state index contributed by atoms with van der Waals surface area (Å²) in [5, 5.41) is 0. The second-order valence-corrected chi connectivity index (χ2v) is 8.31. The Morgan fingerprint density at radius 1 is 1.30 bits per heavy atom. The largest absolute Gasteiger partial charge is 0.462 e. The third kappa shape index (κ3) is 3.52. The van der Waals surface area contributed by atoms with E-state index in [4.69, 9.17) is 23.7 Å². The van der Waals surface area contributed by atoms with Crippen LogP contribution in [0.5, 0.6) is 0 Å². The van der Waals surface area contributed by atoms with E-state index >= 15 is 0 Å². The highest BCUT2D eigenvalue weighted by Crippen LogP contribution is 2.49. The maximum Gasteiger partial charge on any atom is 0.308 e. The van der Waals surface area contributed by atoms with E-state index in [1.54, 1.807) is 28.1 Å². The maximum absolute atomic E-state index is 12.3. The zero-order valence-electron chi connectivity index (χ0n) is 16.9. The van der Waals surface area contributed by atoms with Gasteiger partial charge >= 0.3 is 11.9 Å². The normalized spacial score (nSPS) is 43.2. The average molecular weight is 382 g/mol. The standard InChI is InChI=1S/C20H30O7/c1-11(2)18(22)26-15-9-19(4)16(23-5)10-20(24-6,27-19)12(3)7-14-13(15)8-17(21)25-14/h7,11,13-16H,8-10H2,1-6H3/b12-7-/t13-,14+,15+,16+,19+,20+/m0/s1. The van der Waals surface area contributed by atoms with Crippen LogP contribution in [0, 0.1) is 11.8 Å². The van der Waals surface area contributed by atoms with Gasteiger partial charge in [-0.1, -0.05) is 13.8 Å². The molecule has 0 aromatic carbocycles. The fraction of sp³-hybridized carbons (Fsp3) is 0.800. The monoisotopic (exact) mass is 382 g/mol. The predicted molar refractivity (Wildman–Crippen MR) is 95.7 cm³/mol. The van der Waals surface area contributed by atoms with E-state index in [9.17, 15) is 9.59 Å². The van der Waals surface area contributed by atoms with Crippen molar-refractivity contribution < 1.29 is 33.3 Å². The van der Waals surface area contributed by atoms with E-state index in [2.05, 4.69) is 0 Å². The maximum atomic E-state index is 12.3. The smallest absolute Gasteiger partial charge is 0.308 e. The van der Waals surface area contributed by atoms with Crippen LogP contribution in [0.4, 0.5) is 0 Å². The number of rotatable bonds is 4. The summed E-state index contributed by atoms with van der Waals surface area (Å²) in [6, 6.07) is 0. The molecule has 3 heterocycles. The summed E-state index contributed by atoms with van der Waals surface area (Å²) in [6.07, 6.45) is 1.76. The number of hydrogen-bond donors (Lipinski definition) is 0. The van der Waals surface area contributed by atoms with E-state index in [0.717, 1.165) is 5.57 Å². The van der Waals surface area contributed by atoms with Gasteiger partial charge in [-0.2, -0.15) is 0 Å². The molecule has 0 spiro atoms. The van der Waals surface area contributed by atoms with Gasteiger partial charge in [-0.25, -0.2) is 0 Å². The van der Waals surface area contributed by atoms with Crippen LogP contribution in [0.15, 0.2) is 11.6 Å². The molecule has 3 aliphatic heterocycles. The molecule has 0 saturated carbocycles. The van der Waals surface area contributed by atoms with Gasteiger partial charge in [-0.15, -0.1) is 0 Å². The van der Waals surface area contributed by atoms with Crippen molar-refractivity contribution in [3.8, 4) is 0 Å². The van der Waals surface area contributed by atoms with Gasteiger partial charge < -0.3 is 23.7 Å². The molecule has 0 unspecified atom stereocenters. The van der Waals surface area contributed by atoms with Crippen molar-refractivity contribution in [3.05, 3.63) is 11.6 Å². The Morgan fingerprint density at radius 2 is 2.00 bits per heavy atom. The summed E-state index contributed by atoms with van der Waals surface area (Å²) >= 11 is 0. The van der Waals surface area contributed by atoms with Crippen LogP contribution < -0.4 is 0 Å². The first-order valence-corrected chi connectivity index (χ1v) is 9.51. The number of carbonyl (C=O) groups is 2. The molecule has 0 amide bonds. The molecule has 0 N–H and O–H groups in total. The van der Waals surface area contributed by atoms with E-state index < -0.39 is 23.6 Å². The third-order valence-electron chi connectivity index (χ3n) is 6.08. The third-order valence-corrected chi connectivity index (χ3v) is 6.08. The minimum atomic E-state index is -0.952. The van der Waals surface area contributed by atoms with Gasteiger partial charge in [0, 0.05) is 33.0 Å². The Bertz CT molecular complexity index is 642. The van der Waals surface area contributed by atoms with Crippen LogP contribution in [0.1, 0.15) is 47.0 Å². The van der Waals surface area contributed by atoms with E-state index in [1.165, 1.54) is 0 Å². The quantitative estimate of drug-likeness (QED) is 0.545. The van der Waals surface area contributed by atoms with Crippen molar-refractivity contribution >= 4 is 11.9 Å². The SMILES string of the molecule is CO[C@@H]1C[C@@]2(OC)O[C@]1(C)C[C@@H](OC(=O)C(C)C)[C@H]1CC(=O)O[C@@H]1/C=C\2C. The van der Waals surface area contributed by atoms with Gasteiger partial charge in [0.1, 0.15) is 12.2 Å². The lowest BCUT2D eigenvalue weighted by Crippen LogP contribution is -2.45. The number of hydrogen-bond acceptors (Lipinski definition) is 7. The topological polar surface area (TPSA) is 80.3 Å². The van der Waals surface area contributed by atoms with Crippen molar-refractivity contribution in [2.75, 3.05) is 14.2 Å². The molecule has 0 radical (unpaired) electrons. The van der Waals surface area contributed by atoms with Gasteiger partial charge in [0.05, 0.1) is 24.0 Å². The molecule has 152 valence electrons. The second-order valence-electron chi connectivity index (χ2n) is 8.31. The molecule has 2 saturated heterocycles. The summed E-state index contributed by atoms with van der Waals surface area (Å²) in [4.78, 5) is 24.4. The fourth-order valence-corrected chi connectivity index (χ4v) is 4.41. The Balaban J connectivity index is 2.04. The molecule has 2 bridgehead atoms. The molecule has 7 nitrogen and oxygen atoms in total. The Labute approximate surface area is 160 Å². The van der Waals surface area contributed by atoms with Crippen molar-refractivity contribution in [1.29, 1.82) is 0 Å². The fourth-order valence-electron chi connectivity index (χ4n) is 4.41. The number of carbonyl (C=O) groups excluding carboxylic acids is 2. The average Bonchev–Trinajstić information content (AvgIpc) is 3.11. The molecular weight excluding hydrogens is 352 g/mol. The molecule has 0 aromatic rings. The first-order valence-electron chi connectivity index (χ1n) is 9.51. The lowest BCUT2D eigenvalue weighted by atomic mass is 9.82. The summed E-state index contributed by atoms with van der Waals surface area (Å²) < 4.78 is 29.3. The molecule has 0 aromatic heterocycles. The molecule has 3 rings (SSSR count). The summed E-state index contributed by atoms with van der Waals surface area (Å²) in [5.74, 6) is -2.06. The van der Waals surface area contributed by atoms with Crippen LogP contribution in [0.2, 0.25) is 0 Å². The highest BCUT2D eigenvalue weighted by Gasteiger charge is 2.59. The lowest BCUT2D eigenvalue weighted by molar-refractivity contribution is -0.224. The summed E-state index contributed by atoms with van der Waals surface area (Å²) in [6.45, 7) is 7.43. The minimum Gasteiger partial charge on any atom is -0.462 e. The van der Waals surface area contributed by atoms with E-state index in [0.29, 0.717) is 12.8 Å². The lowest BCUT2D eigenvalue weighted by Gasteiger charge is -2.36. The van der Waals surface area contributed by atoms with Crippen molar-refractivity contribution in [1.82, 2.24) is 0 Å². The van der Waals surface area contributed by atoms with Crippen LogP contribution >= 0.6 is 0 Å². The molecule has 2 fully saturated rings. The summed E-state index contributed by atoms with van der Waals surface area (Å²) in [7, 11) is 3.24. The number of fused-ring (bicyclic) bond motifs is 3. The Hall–Kier alpha value is -1.44. The van der Waals surface area contributed by atoms with Gasteiger partial charge in [0.25, 0.3) is 0 Å². The van der Waals surface area contributed by atoms with Crippen LogP contribution in [0.25, 0.3) is 0 Å². The van der Waals surface area contributed by atoms with Gasteiger partial charge in [0.2, 0.25) is 0 Å². The number of ether oxygens (including phenoxy) is 5. The van der Waals surface area contributed by atoms with Crippen molar-refractivity contribution in [2.45, 2.75) is 76.7 Å². The predicted octanol–water partition coefficient (Wildman–Crippen LogP) is 2.37. The van der Waals surface area contributed by atoms with Gasteiger partial charge in [-0.3, -0.25) is 9.59 Å². The molecule has 6 atom stereocenters. The van der Waals surface area contributed by atoms with Crippen LogP contribution in [-0.2, 0) is 33.3 Å². The van der Waals surface area contributed by atoms with Crippen LogP contribution in [-0.4, -0.2) is 55.9 Å². The highest BCUT2D eigenvalue weighted by atomic mass is 16.7. The Kier molecular flexibility index (Phi) is 5.40. The van der Waals surface area contributed by atoms with Crippen LogP contribution in [0.3, 0.4) is 0 Å². The van der Waals surface area contributed by atoms with Gasteiger partial charge in [-0.05, 0) is 25.5 Å². The van der Waals surface area contributed by atoms with E-state index in [-0.39, 0.29) is 36.3 Å². The van der Waals surface area contributed by atoms with Crippen molar-refractivity contribution in [3.63, 3.8) is 0 Å². The first-order chi connectivity index (χ1) is 12.6. The Morgan fingerprint density at radius 3 is 2.59 bits per heavy atom. The summed E-state index contributed by atoms with van der Waals surface area (Å²) in [5.41, 5.74) is 0.0961. The minimum absolute atomic E-state index is 0.207. The first kappa shape index (κ1) is 20.3. The molecule has 0 aliphatic carbocycles. The zero-order chi connectivity index (χ0) is 20.0. The van der Waals surface area contributed by atoms with Gasteiger partial charge in [0.15, 0.2) is 5.79 Å². The zero-order valence-corrected chi connectivity index (χ0v) is 16.9.